The van der Waals surface area contributed by atoms with Gasteiger partial charge in [-0.2, -0.15) is 4.98 Å². The molecule has 6 heteroatoms. The van der Waals surface area contributed by atoms with Gasteiger partial charge in [0.1, 0.15) is 6.61 Å². The van der Waals surface area contributed by atoms with E-state index in [9.17, 15) is 0 Å². The minimum Gasteiger partial charge on any atom is -0.377 e. The van der Waals surface area contributed by atoms with Crippen LogP contribution in [0, 0.1) is 0 Å². The summed E-state index contributed by atoms with van der Waals surface area (Å²) in [6.45, 7) is 2.17. The van der Waals surface area contributed by atoms with Crippen LogP contribution in [0.4, 0.5) is 0 Å². The van der Waals surface area contributed by atoms with Crippen LogP contribution in [0.3, 0.4) is 0 Å². The van der Waals surface area contributed by atoms with Crippen LogP contribution in [-0.4, -0.2) is 34.7 Å². The van der Waals surface area contributed by atoms with Crippen LogP contribution in [0.25, 0.3) is 6.08 Å². The highest BCUT2D eigenvalue weighted by molar-refractivity contribution is 7.10. The Morgan fingerprint density at radius 3 is 3.22 bits per heavy atom. The lowest BCUT2D eigenvalue weighted by atomic mass is 10.1. The highest BCUT2D eigenvalue weighted by Crippen LogP contribution is 2.21. The zero-order valence-corrected chi connectivity index (χ0v) is 14.3. The van der Waals surface area contributed by atoms with Crippen LogP contribution in [0.2, 0.25) is 0 Å². The third-order valence-electron chi connectivity index (χ3n) is 4.06. The van der Waals surface area contributed by atoms with Crippen LogP contribution in [-0.2, 0) is 17.9 Å². The standard InChI is InChI=1S/C17H23N3O2S/c1-21-13-16-18-17(22-19-16)12-20-10-4-2-3-6-14(20)8-9-15-7-5-11-23-15/h5,7-9,11,14H,2-4,6,10,12-13H2,1H3. The second-order valence-electron chi connectivity index (χ2n) is 5.80. The Morgan fingerprint density at radius 1 is 1.43 bits per heavy atom. The number of ether oxygens (including phenoxy) is 1. The predicted molar refractivity (Wildman–Crippen MR) is 91.0 cm³/mol. The molecule has 124 valence electrons. The molecule has 0 aromatic carbocycles. The van der Waals surface area contributed by atoms with Gasteiger partial charge in [0.15, 0.2) is 5.82 Å². The summed E-state index contributed by atoms with van der Waals surface area (Å²) in [6.07, 6.45) is 9.53. The molecule has 0 amide bonds. The van der Waals surface area contributed by atoms with Crippen LogP contribution < -0.4 is 0 Å². The molecule has 1 saturated heterocycles. The smallest absolute Gasteiger partial charge is 0.240 e. The van der Waals surface area contributed by atoms with Crippen LogP contribution in [0.5, 0.6) is 0 Å². The summed E-state index contributed by atoms with van der Waals surface area (Å²) in [5, 5.41) is 6.06. The van der Waals surface area contributed by atoms with Crippen molar-refractivity contribution in [3.8, 4) is 0 Å². The summed E-state index contributed by atoms with van der Waals surface area (Å²) in [7, 11) is 1.64. The molecule has 0 N–H and O–H groups in total. The van der Waals surface area contributed by atoms with Gasteiger partial charge in [-0.05, 0) is 36.9 Å². The highest BCUT2D eigenvalue weighted by Gasteiger charge is 2.21. The van der Waals surface area contributed by atoms with E-state index in [0.717, 1.165) is 6.54 Å². The minimum atomic E-state index is 0.394. The first-order valence-electron chi connectivity index (χ1n) is 8.11. The highest BCUT2D eigenvalue weighted by atomic mass is 32.1. The monoisotopic (exact) mass is 333 g/mol. The molecule has 2 aromatic heterocycles. The molecule has 0 saturated carbocycles. The van der Waals surface area contributed by atoms with Crippen molar-refractivity contribution >= 4 is 17.4 Å². The van der Waals surface area contributed by atoms with Gasteiger partial charge in [0.25, 0.3) is 0 Å². The maximum absolute atomic E-state index is 5.35. The molecule has 1 aliphatic heterocycles. The minimum absolute atomic E-state index is 0.394. The van der Waals surface area contributed by atoms with Crippen LogP contribution in [0.15, 0.2) is 28.1 Å². The largest absolute Gasteiger partial charge is 0.377 e. The van der Waals surface area contributed by atoms with Crippen LogP contribution in [0.1, 0.15) is 42.3 Å². The van der Waals surface area contributed by atoms with Gasteiger partial charge >= 0.3 is 0 Å². The summed E-state index contributed by atoms with van der Waals surface area (Å²) >= 11 is 1.77. The number of likely N-dealkylation sites (tertiary alicyclic amines) is 1. The lowest BCUT2D eigenvalue weighted by molar-refractivity contribution is 0.173. The summed E-state index contributed by atoms with van der Waals surface area (Å²) in [5.74, 6) is 1.29. The Morgan fingerprint density at radius 2 is 2.39 bits per heavy atom. The Hall–Kier alpha value is -1.50. The summed E-state index contributed by atoms with van der Waals surface area (Å²) in [4.78, 5) is 8.15. The van der Waals surface area contributed by atoms with Gasteiger partial charge in [-0.3, -0.25) is 4.90 Å². The third kappa shape index (κ3) is 4.73. The maximum atomic E-state index is 5.35. The number of methoxy groups -OCH3 is 1. The molecule has 1 atom stereocenters. The molecule has 0 aliphatic carbocycles. The molecule has 2 aromatic rings. The van der Waals surface area contributed by atoms with E-state index >= 15 is 0 Å². The predicted octanol–water partition coefficient (Wildman–Crippen LogP) is 3.74. The number of thiophene rings is 1. The molecule has 5 nitrogen and oxygen atoms in total. The van der Waals surface area contributed by atoms with Crippen molar-refractivity contribution in [2.24, 2.45) is 0 Å². The Kier molecular flexibility index (Phi) is 5.96. The Bertz CT molecular complexity index is 609. The molecule has 3 rings (SSSR count). The quantitative estimate of drug-likeness (QED) is 0.806. The first-order chi connectivity index (χ1) is 11.3. The third-order valence-corrected chi connectivity index (χ3v) is 4.90. The van der Waals surface area contributed by atoms with Crippen molar-refractivity contribution in [3.05, 3.63) is 40.2 Å². The van der Waals surface area contributed by atoms with Gasteiger partial charge in [-0.25, -0.2) is 0 Å². The zero-order chi connectivity index (χ0) is 15.9. The van der Waals surface area contributed by atoms with Crippen molar-refractivity contribution in [1.82, 2.24) is 15.0 Å². The fourth-order valence-electron chi connectivity index (χ4n) is 2.92. The molecular formula is C17H23N3O2S. The first kappa shape index (κ1) is 16.4. The van der Waals surface area contributed by atoms with E-state index in [2.05, 4.69) is 44.7 Å². The number of rotatable bonds is 6. The van der Waals surface area contributed by atoms with Crippen molar-refractivity contribution in [1.29, 1.82) is 0 Å². The fourth-order valence-corrected chi connectivity index (χ4v) is 3.54. The van der Waals surface area contributed by atoms with Crippen LogP contribution >= 0.6 is 11.3 Å². The summed E-state index contributed by atoms with van der Waals surface area (Å²) in [5.41, 5.74) is 0. The average Bonchev–Trinajstić information content (AvgIpc) is 3.16. The molecule has 1 aliphatic rings. The second-order valence-corrected chi connectivity index (χ2v) is 6.78. The number of aromatic nitrogens is 2. The second kappa shape index (κ2) is 8.38. The van der Waals surface area contributed by atoms with E-state index in [1.54, 1.807) is 18.4 Å². The van der Waals surface area contributed by atoms with E-state index in [0.29, 0.717) is 30.9 Å². The topological polar surface area (TPSA) is 51.4 Å². The molecule has 23 heavy (non-hydrogen) atoms. The Labute approximate surface area is 141 Å². The molecule has 0 spiro atoms. The molecule has 1 fully saturated rings. The SMILES string of the molecule is COCc1noc(CN2CCCCCC2C=Cc2cccs2)n1. The first-order valence-corrected chi connectivity index (χ1v) is 8.99. The van der Waals surface area contributed by atoms with Gasteiger partial charge in [0.05, 0.1) is 6.54 Å². The molecule has 0 radical (unpaired) electrons. The fraction of sp³-hybridized carbons (Fsp3) is 0.529. The van der Waals surface area contributed by atoms with Crippen molar-refractivity contribution in [3.63, 3.8) is 0 Å². The van der Waals surface area contributed by atoms with E-state index in [1.807, 2.05) is 0 Å². The number of nitrogens with zero attached hydrogens (tertiary/aromatic N) is 3. The molecule has 3 heterocycles. The normalized spacial score (nSPS) is 20.1. The van der Waals surface area contributed by atoms with E-state index < -0.39 is 0 Å². The summed E-state index contributed by atoms with van der Waals surface area (Å²) in [6, 6.07) is 4.67. The van der Waals surface area contributed by atoms with Gasteiger partial charge in [-0.1, -0.05) is 30.1 Å². The van der Waals surface area contributed by atoms with Crippen molar-refractivity contribution in [2.75, 3.05) is 13.7 Å². The molecule has 0 bridgehead atoms. The number of hydrogen-bond acceptors (Lipinski definition) is 6. The van der Waals surface area contributed by atoms with E-state index in [-0.39, 0.29) is 0 Å². The van der Waals surface area contributed by atoms with Gasteiger partial charge in [-0.15, -0.1) is 11.3 Å². The lowest BCUT2D eigenvalue weighted by Crippen LogP contribution is -2.33. The average molecular weight is 333 g/mol. The Balaban J connectivity index is 1.67. The van der Waals surface area contributed by atoms with Crippen molar-refractivity contribution < 1.29 is 9.26 Å². The molecule has 1 unspecified atom stereocenters. The maximum Gasteiger partial charge on any atom is 0.240 e. The summed E-state index contributed by atoms with van der Waals surface area (Å²) < 4.78 is 10.4. The molecular weight excluding hydrogens is 310 g/mol. The van der Waals surface area contributed by atoms with Gasteiger partial charge < -0.3 is 9.26 Å². The van der Waals surface area contributed by atoms with E-state index in [4.69, 9.17) is 9.26 Å². The van der Waals surface area contributed by atoms with Gasteiger partial charge in [0, 0.05) is 18.0 Å². The van der Waals surface area contributed by atoms with Gasteiger partial charge in [0.2, 0.25) is 5.89 Å². The van der Waals surface area contributed by atoms with E-state index in [1.165, 1.54) is 30.6 Å². The zero-order valence-electron chi connectivity index (χ0n) is 13.5. The lowest BCUT2D eigenvalue weighted by Gasteiger charge is -2.25. The van der Waals surface area contributed by atoms with Crippen molar-refractivity contribution in [2.45, 2.75) is 44.9 Å². The number of hydrogen-bond donors (Lipinski definition) is 0.